The Bertz CT molecular complexity index is 250. The molecule has 1 aliphatic heterocycles. The quantitative estimate of drug-likeness (QED) is 0.570. The fourth-order valence-corrected chi connectivity index (χ4v) is 0.895. The molecule has 0 unspecified atom stereocenters. The van der Waals surface area contributed by atoms with Gasteiger partial charge in [0.1, 0.15) is 0 Å². The number of hydrogen-bond acceptors (Lipinski definition) is 2. The van der Waals surface area contributed by atoms with Crippen LogP contribution in [0.3, 0.4) is 0 Å². The molecule has 80 valence electrons. The molecule has 0 saturated heterocycles. The lowest BCUT2D eigenvalue weighted by Gasteiger charge is -1.77. The maximum Gasteiger partial charge on any atom is 0.0495 e. The molecule has 0 fully saturated rings. The topological polar surface area (TPSA) is 24.7 Å². The highest BCUT2D eigenvalue weighted by molar-refractivity contribution is 5.20. The van der Waals surface area contributed by atoms with Gasteiger partial charge in [-0.1, -0.05) is 60.8 Å². The van der Waals surface area contributed by atoms with Crippen LogP contribution in [-0.2, 0) is 0 Å². The average molecular weight is 210 g/mol. The summed E-state index contributed by atoms with van der Waals surface area (Å²) >= 11 is 0. The zero-order valence-corrected chi connectivity index (χ0v) is 8.98. The summed E-state index contributed by atoms with van der Waals surface area (Å²) in [5.41, 5.74) is 0. The summed E-state index contributed by atoms with van der Waals surface area (Å²) in [6, 6.07) is 0. The van der Waals surface area contributed by atoms with E-state index < -0.39 is 0 Å². The van der Waals surface area contributed by atoms with Crippen molar-refractivity contribution in [2.45, 2.75) is 0 Å². The second-order valence-corrected chi connectivity index (χ2v) is 2.84. The maximum atomic E-state index is 3.82. The molecule has 0 spiro atoms. The Kier molecular flexibility index (Phi) is 6.92. The number of nitrogens with zero attached hydrogens (tertiary/aromatic N) is 2. The van der Waals surface area contributed by atoms with Gasteiger partial charge in [-0.3, -0.25) is 0 Å². The van der Waals surface area contributed by atoms with Gasteiger partial charge in [0.25, 0.3) is 0 Å². The Hall–Kier alpha value is -2.22. The summed E-state index contributed by atoms with van der Waals surface area (Å²) in [7, 11) is 0. The zero-order chi connectivity index (χ0) is 11.3. The van der Waals surface area contributed by atoms with Crippen molar-refractivity contribution in [3.8, 4) is 0 Å². The normalized spacial score (nSPS) is 32.0. The van der Waals surface area contributed by atoms with E-state index in [1.165, 1.54) is 0 Å². The van der Waals surface area contributed by atoms with E-state index in [4.69, 9.17) is 0 Å². The lowest BCUT2D eigenvalue weighted by molar-refractivity contribution is 1.22. The molecule has 0 amide bonds. The fraction of sp³-hybridized carbons (Fsp3) is 0. The number of allylic oxidation sites excluding steroid dienone is 12. The molecule has 0 atom stereocenters. The molecule has 0 aromatic carbocycles. The summed E-state index contributed by atoms with van der Waals surface area (Å²) in [4.78, 5) is 0. The third-order valence-electron chi connectivity index (χ3n) is 1.59. The van der Waals surface area contributed by atoms with Crippen LogP contribution in [0.5, 0.6) is 0 Å². The smallest absolute Gasteiger partial charge is 0.0495 e. The van der Waals surface area contributed by atoms with Crippen LogP contribution in [0.1, 0.15) is 0 Å². The van der Waals surface area contributed by atoms with Crippen LogP contribution in [0.25, 0.3) is 0 Å². The van der Waals surface area contributed by atoms with Gasteiger partial charge in [-0.05, 0) is 12.2 Å². The second kappa shape index (κ2) is 9.34. The predicted octanol–water partition coefficient (Wildman–Crippen LogP) is 4.26. The summed E-state index contributed by atoms with van der Waals surface area (Å²) < 4.78 is 0. The molecular weight excluding hydrogens is 196 g/mol. The van der Waals surface area contributed by atoms with E-state index in [2.05, 4.69) is 10.2 Å². The van der Waals surface area contributed by atoms with Crippen molar-refractivity contribution in [3.05, 3.63) is 85.3 Å². The van der Waals surface area contributed by atoms with Crippen LogP contribution >= 0.6 is 0 Å². The van der Waals surface area contributed by atoms with Gasteiger partial charge in [0.15, 0.2) is 0 Å². The van der Waals surface area contributed by atoms with Gasteiger partial charge in [0, 0.05) is 12.4 Å². The highest BCUT2D eigenvalue weighted by Gasteiger charge is 1.66. The maximum absolute atomic E-state index is 3.82. The lowest BCUT2D eigenvalue weighted by atomic mass is 10.3. The Morgan fingerprint density at radius 2 is 0.562 bits per heavy atom. The lowest BCUT2D eigenvalue weighted by Crippen LogP contribution is -1.55. The Morgan fingerprint density at radius 1 is 0.312 bits per heavy atom. The Balaban J connectivity index is 2.67. The van der Waals surface area contributed by atoms with Crippen LogP contribution in [-0.4, -0.2) is 0 Å². The van der Waals surface area contributed by atoms with Crippen LogP contribution in [0.4, 0.5) is 0 Å². The standard InChI is InChI=1S/C14H14N2/c1-2-4-6-8-10-12-14-16-15-13-11-9-7-5-3-1/h1-14H/b2-1-,3-1?,4-2?,5-3-,6-4-,7-5?,8-6?,9-7-,10-8+,11-9?,12-10?,13-11-,14-12-,15-13?,16-14?,16-15+. The molecule has 1 heterocycles. The van der Waals surface area contributed by atoms with E-state index in [0.717, 1.165) is 0 Å². The summed E-state index contributed by atoms with van der Waals surface area (Å²) in [6.45, 7) is 0. The van der Waals surface area contributed by atoms with Crippen molar-refractivity contribution in [1.82, 2.24) is 0 Å². The van der Waals surface area contributed by atoms with E-state index in [9.17, 15) is 0 Å². The van der Waals surface area contributed by atoms with E-state index >= 15 is 0 Å². The largest absolute Gasteiger partial charge is 0.159 e. The molecule has 16 heavy (non-hydrogen) atoms. The van der Waals surface area contributed by atoms with E-state index in [1.807, 2.05) is 72.9 Å². The van der Waals surface area contributed by atoms with Crippen molar-refractivity contribution in [3.63, 3.8) is 0 Å². The highest BCUT2D eigenvalue weighted by Crippen LogP contribution is 1.88. The average Bonchev–Trinajstić information content (AvgIpc) is 2.29. The first-order chi connectivity index (χ1) is 8.00. The molecule has 2 heteroatoms. The third-order valence-corrected chi connectivity index (χ3v) is 1.59. The fourth-order valence-electron chi connectivity index (χ4n) is 0.895. The van der Waals surface area contributed by atoms with Gasteiger partial charge in [-0.2, -0.15) is 10.2 Å². The molecule has 0 aromatic rings. The first-order valence-electron chi connectivity index (χ1n) is 5.05. The van der Waals surface area contributed by atoms with Crippen LogP contribution in [0.2, 0.25) is 0 Å². The molecule has 0 saturated carbocycles. The van der Waals surface area contributed by atoms with Crippen LogP contribution in [0.15, 0.2) is 95.5 Å². The van der Waals surface area contributed by atoms with Gasteiger partial charge in [0.05, 0.1) is 0 Å². The Morgan fingerprint density at radius 3 is 0.875 bits per heavy atom. The number of hydrogen-bond donors (Lipinski definition) is 0. The van der Waals surface area contributed by atoms with E-state index in [0.29, 0.717) is 0 Å². The summed E-state index contributed by atoms with van der Waals surface area (Å²) in [5, 5.41) is 7.63. The minimum absolute atomic E-state index is 1.64. The molecule has 0 radical (unpaired) electrons. The molecular formula is C14H14N2. The molecule has 2 nitrogen and oxygen atoms in total. The molecule has 0 aliphatic carbocycles. The van der Waals surface area contributed by atoms with Gasteiger partial charge in [-0.25, -0.2) is 0 Å². The molecule has 0 bridgehead atoms. The third kappa shape index (κ3) is 7.21. The highest BCUT2D eigenvalue weighted by atomic mass is 15.1. The summed E-state index contributed by atoms with van der Waals surface area (Å²) in [6.07, 6.45) is 26.4. The predicted molar refractivity (Wildman–Crippen MR) is 68.8 cm³/mol. The first-order valence-corrected chi connectivity index (χ1v) is 5.05. The second-order valence-electron chi connectivity index (χ2n) is 2.84. The number of rotatable bonds is 0. The molecule has 0 aromatic heterocycles. The van der Waals surface area contributed by atoms with Crippen molar-refractivity contribution in [1.29, 1.82) is 0 Å². The van der Waals surface area contributed by atoms with Gasteiger partial charge in [0.2, 0.25) is 0 Å². The SMILES string of the molecule is C1=C\C=C/C=C\N=N\C=C/C=C/C=C\C=C/1. The minimum atomic E-state index is 1.64. The van der Waals surface area contributed by atoms with E-state index in [1.54, 1.807) is 12.4 Å². The van der Waals surface area contributed by atoms with Crippen LogP contribution < -0.4 is 0 Å². The van der Waals surface area contributed by atoms with Crippen molar-refractivity contribution in [2.24, 2.45) is 10.2 Å². The summed E-state index contributed by atoms with van der Waals surface area (Å²) in [5.74, 6) is 0. The molecule has 1 aliphatic rings. The number of azo groups is 1. The van der Waals surface area contributed by atoms with Gasteiger partial charge in [-0.15, -0.1) is 0 Å². The molecule has 1 rings (SSSR count). The van der Waals surface area contributed by atoms with Gasteiger partial charge < -0.3 is 0 Å². The Labute approximate surface area is 96.1 Å². The molecule has 0 N–H and O–H groups in total. The van der Waals surface area contributed by atoms with Gasteiger partial charge >= 0.3 is 0 Å². The van der Waals surface area contributed by atoms with E-state index in [-0.39, 0.29) is 0 Å². The van der Waals surface area contributed by atoms with Crippen molar-refractivity contribution in [2.75, 3.05) is 0 Å². The first kappa shape index (κ1) is 11.9. The van der Waals surface area contributed by atoms with Crippen molar-refractivity contribution < 1.29 is 0 Å². The zero-order valence-electron chi connectivity index (χ0n) is 8.98. The minimum Gasteiger partial charge on any atom is -0.159 e. The van der Waals surface area contributed by atoms with Crippen molar-refractivity contribution >= 4 is 0 Å². The monoisotopic (exact) mass is 210 g/mol. The van der Waals surface area contributed by atoms with Crippen LogP contribution in [0, 0.1) is 0 Å².